The van der Waals surface area contributed by atoms with Gasteiger partial charge in [0, 0.05) is 24.7 Å². The second-order valence-corrected chi connectivity index (χ2v) is 7.55. The van der Waals surface area contributed by atoms with Crippen LogP contribution < -0.4 is 15.5 Å². The average Bonchev–Trinajstić information content (AvgIpc) is 2.89. The Labute approximate surface area is 153 Å². The molecule has 1 fully saturated rings. The lowest BCUT2D eigenvalue weighted by molar-refractivity contribution is -0.136. The number of carbonyl (C=O) groups excluding carboxylic acids is 3. The summed E-state index contributed by atoms with van der Waals surface area (Å²) in [7, 11) is 0. The summed E-state index contributed by atoms with van der Waals surface area (Å²) in [5.41, 5.74) is 3.83. The highest BCUT2D eigenvalue weighted by Gasteiger charge is 2.31. The van der Waals surface area contributed by atoms with Gasteiger partial charge in [0.2, 0.25) is 5.91 Å². The molecule has 1 aromatic carbocycles. The van der Waals surface area contributed by atoms with Crippen LogP contribution in [-0.4, -0.2) is 30.3 Å². The third kappa shape index (κ3) is 3.32. The Kier molecular flexibility index (Phi) is 4.66. The van der Waals surface area contributed by atoms with Crippen molar-refractivity contribution in [1.29, 1.82) is 0 Å². The average molecular weight is 355 g/mol. The van der Waals surface area contributed by atoms with E-state index >= 15 is 0 Å². The topological polar surface area (TPSA) is 78.5 Å². The summed E-state index contributed by atoms with van der Waals surface area (Å²) in [6.07, 6.45) is 8.52. The van der Waals surface area contributed by atoms with Gasteiger partial charge in [0.05, 0.1) is 5.69 Å². The highest BCUT2D eigenvalue weighted by molar-refractivity contribution is 6.39. The fourth-order valence-electron chi connectivity index (χ4n) is 4.39. The summed E-state index contributed by atoms with van der Waals surface area (Å²) in [5.74, 6) is -0.984. The van der Waals surface area contributed by atoms with Crippen LogP contribution in [0.15, 0.2) is 12.1 Å². The Morgan fingerprint density at radius 3 is 2.35 bits per heavy atom. The minimum absolute atomic E-state index is 0.108. The number of benzene rings is 1. The van der Waals surface area contributed by atoms with E-state index in [0.717, 1.165) is 48.9 Å². The van der Waals surface area contributed by atoms with E-state index < -0.39 is 11.8 Å². The number of carbonyl (C=O) groups is 3. The number of amides is 3. The number of nitrogens with one attached hydrogen (secondary N) is 2. The Morgan fingerprint density at radius 2 is 1.62 bits per heavy atom. The fraction of sp³-hybridized carbons (Fsp3) is 0.550. The second kappa shape index (κ2) is 7.09. The molecule has 3 aliphatic rings. The Morgan fingerprint density at radius 1 is 0.923 bits per heavy atom. The Balaban J connectivity index is 1.43. The molecule has 6 heteroatoms. The van der Waals surface area contributed by atoms with Crippen LogP contribution in [0.1, 0.15) is 56.1 Å². The normalized spacial score (nSPS) is 19.7. The van der Waals surface area contributed by atoms with Crippen LogP contribution in [0.25, 0.3) is 0 Å². The molecule has 1 aliphatic carbocycles. The first-order valence-corrected chi connectivity index (χ1v) is 9.70. The molecule has 1 aromatic rings. The Hall–Kier alpha value is -2.37. The maximum Gasteiger partial charge on any atom is 0.313 e. The van der Waals surface area contributed by atoms with E-state index in [0.29, 0.717) is 25.1 Å². The van der Waals surface area contributed by atoms with Crippen molar-refractivity contribution in [2.24, 2.45) is 0 Å². The number of nitrogens with zero attached hydrogens (tertiary/aromatic N) is 1. The minimum atomic E-state index is -0.608. The highest BCUT2D eigenvalue weighted by atomic mass is 16.2. The van der Waals surface area contributed by atoms with Crippen LogP contribution in [0.3, 0.4) is 0 Å². The third-order valence-electron chi connectivity index (χ3n) is 5.71. The lowest BCUT2D eigenvalue weighted by Crippen LogP contribution is -2.41. The van der Waals surface area contributed by atoms with Gasteiger partial charge in [-0.2, -0.15) is 0 Å². The van der Waals surface area contributed by atoms with E-state index in [4.69, 9.17) is 0 Å². The van der Waals surface area contributed by atoms with E-state index in [1.165, 1.54) is 12.8 Å². The van der Waals surface area contributed by atoms with E-state index in [-0.39, 0.29) is 11.9 Å². The molecule has 2 aliphatic heterocycles. The minimum Gasteiger partial charge on any atom is -0.345 e. The standard InChI is InChI=1S/C20H25N3O3/c24-17-8-7-13-11-16(12-14-9-10-23(17)18(13)14)22-20(26)19(25)21-15-5-3-1-2-4-6-15/h11-12,15H,1-10H2,(H,21,25)(H,22,26). The van der Waals surface area contributed by atoms with E-state index in [9.17, 15) is 14.4 Å². The van der Waals surface area contributed by atoms with Crippen molar-refractivity contribution < 1.29 is 14.4 Å². The molecule has 0 atom stereocenters. The molecule has 0 bridgehead atoms. The van der Waals surface area contributed by atoms with E-state index in [2.05, 4.69) is 10.6 Å². The SMILES string of the molecule is O=C(Nc1cc2c3c(c1)CCN3C(=O)CC2)C(=O)NC1CCCCCC1. The predicted octanol–water partition coefficient (Wildman–Crippen LogP) is 2.30. The fourth-order valence-corrected chi connectivity index (χ4v) is 4.39. The number of hydrogen-bond donors (Lipinski definition) is 2. The van der Waals surface area contributed by atoms with Gasteiger partial charge < -0.3 is 15.5 Å². The molecule has 138 valence electrons. The molecule has 2 N–H and O–H groups in total. The maximum absolute atomic E-state index is 12.3. The smallest absolute Gasteiger partial charge is 0.313 e. The van der Waals surface area contributed by atoms with Crippen LogP contribution in [0.2, 0.25) is 0 Å². The maximum atomic E-state index is 12.3. The highest BCUT2D eigenvalue weighted by Crippen LogP contribution is 2.38. The number of hydrogen-bond acceptors (Lipinski definition) is 3. The Bertz CT molecular complexity index is 751. The molecule has 1 saturated carbocycles. The monoisotopic (exact) mass is 355 g/mol. The predicted molar refractivity (Wildman–Crippen MR) is 99.1 cm³/mol. The quantitative estimate of drug-likeness (QED) is 0.631. The van der Waals surface area contributed by atoms with Gasteiger partial charge in [0.25, 0.3) is 0 Å². The van der Waals surface area contributed by atoms with Crippen LogP contribution in [0.5, 0.6) is 0 Å². The molecule has 0 aromatic heterocycles. The van der Waals surface area contributed by atoms with Crippen molar-refractivity contribution in [3.63, 3.8) is 0 Å². The summed E-state index contributed by atoms with van der Waals surface area (Å²) < 4.78 is 0. The van der Waals surface area contributed by atoms with Gasteiger partial charge in [0.15, 0.2) is 0 Å². The largest absolute Gasteiger partial charge is 0.345 e. The lowest BCUT2D eigenvalue weighted by atomic mass is 9.98. The van der Waals surface area contributed by atoms with Gasteiger partial charge >= 0.3 is 11.8 Å². The van der Waals surface area contributed by atoms with Crippen molar-refractivity contribution >= 4 is 29.1 Å². The zero-order chi connectivity index (χ0) is 18.1. The van der Waals surface area contributed by atoms with E-state index in [1.54, 1.807) is 0 Å². The molecule has 6 nitrogen and oxygen atoms in total. The van der Waals surface area contributed by atoms with Gasteiger partial charge in [-0.15, -0.1) is 0 Å². The molecule has 0 unspecified atom stereocenters. The number of rotatable bonds is 2. The van der Waals surface area contributed by atoms with Crippen LogP contribution in [-0.2, 0) is 27.2 Å². The van der Waals surface area contributed by atoms with Gasteiger partial charge in [-0.25, -0.2) is 0 Å². The summed E-state index contributed by atoms with van der Waals surface area (Å²) in [6, 6.07) is 3.91. The van der Waals surface area contributed by atoms with Crippen LogP contribution >= 0.6 is 0 Å². The van der Waals surface area contributed by atoms with Gasteiger partial charge in [-0.05, 0) is 48.9 Å². The van der Waals surface area contributed by atoms with Crippen molar-refractivity contribution in [3.05, 3.63) is 23.3 Å². The van der Waals surface area contributed by atoms with Crippen LogP contribution in [0, 0.1) is 0 Å². The lowest BCUT2D eigenvalue weighted by Gasteiger charge is -2.25. The first-order chi connectivity index (χ1) is 12.6. The van der Waals surface area contributed by atoms with Crippen molar-refractivity contribution in [2.45, 2.75) is 63.8 Å². The van der Waals surface area contributed by atoms with E-state index in [1.807, 2.05) is 17.0 Å². The number of aryl methyl sites for hydroxylation is 1. The van der Waals surface area contributed by atoms with Crippen molar-refractivity contribution in [3.8, 4) is 0 Å². The first kappa shape index (κ1) is 17.1. The molecule has 0 radical (unpaired) electrons. The number of anilines is 2. The zero-order valence-electron chi connectivity index (χ0n) is 15.0. The molecular weight excluding hydrogens is 330 g/mol. The summed E-state index contributed by atoms with van der Waals surface area (Å²) >= 11 is 0. The van der Waals surface area contributed by atoms with Crippen LogP contribution in [0.4, 0.5) is 11.4 Å². The molecule has 4 rings (SSSR count). The van der Waals surface area contributed by atoms with Gasteiger partial charge in [-0.3, -0.25) is 14.4 Å². The molecule has 0 saturated heterocycles. The third-order valence-corrected chi connectivity index (χ3v) is 5.71. The summed E-state index contributed by atoms with van der Waals surface area (Å²) in [5, 5.41) is 5.63. The summed E-state index contributed by atoms with van der Waals surface area (Å²) in [6.45, 7) is 0.709. The molecular formula is C20H25N3O3. The van der Waals surface area contributed by atoms with Crippen molar-refractivity contribution in [1.82, 2.24) is 5.32 Å². The molecule has 26 heavy (non-hydrogen) atoms. The molecule has 2 heterocycles. The summed E-state index contributed by atoms with van der Waals surface area (Å²) in [4.78, 5) is 38.4. The molecule has 3 amide bonds. The second-order valence-electron chi connectivity index (χ2n) is 7.55. The molecule has 0 spiro atoms. The van der Waals surface area contributed by atoms with Gasteiger partial charge in [-0.1, -0.05) is 25.7 Å². The first-order valence-electron chi connectivity index (χ1n) is 9.70. The van der Waals surface area contributed by atoms with Crippen molar-refractivity contribution in [2.75, 3.05) is 16.8 Å². The zero-order valence-corrected chi connectivity index (χ0v) is 15.0. The van der Waals surface area contributed by atoms with Gasteiger partial charge in [0.1, 0.15) is 0 Å².